The zero-order valence-electron chi connectivity index (χ0n) is 18.3. The number of anilines is 1. The molecular formula is C23H22F3N5O3. The van der Waals surface area contributed by atoms with Crippen LogP contribution in [0.15, 0.2) is 59.0 Å². The summed E-state index contributed by atoms with van der Waals surface area (Å²) in [5.74, 6) is -1.66. The Hall–Kier alpha value is -3.89. The van der Waals surface area contributed by atoms with Crippen LogP contribution in [0.25, 0.3) is 11.5 Å². The number of aromatic nitrogens is 2. The summed E-state index contributed by atoms with van der Waals surface area (Å²) >= 11 is 0. The van der Waals surface area contributed by atoms with E-state index in [0.29, 0.717) is 37.4 Å². The molecule has 4 rings (SSSR count). The fourth-order valence-electron chi connectivity index (χ4n) is 3.65. The molecule has 0 unspecified atom stereocenters. The number of para-hydroxylation sites is 1. The molecule has 0 saturated carbocycles. The molecule has 2 aromatic carbocycles. The Morgan fingerprint density at radius 2 is 1.56 bits per heavy atom. The molecule has 178 valence electrons. The van der Waals surface area contributed by atoms with E-state index in [-0.39, 0.29) is 24.4 Å². The van der Waals surface area contributed by atoms with E-state index in [2.05, 4.69) is 10.2 Å². The summed E-state index contributed by atoms with van der Waals surface area (Å²) in [6.45, 7) is 3.56. The Morgan fingerprint density at radius 3 is 2.12 bits per heavy atom. The molecule has 0 atom stereocenters. The number of carbonyl (C=O) groups is 2. The van der Waals surface area contributed by atoms with Crippen molar-refractivity contribution in [1.82, 2.24) is 20.0 Å². The number of rotatable bonds is 4. The van der Waals surface area contributed by atoms with E-state index < -0.39 is 12.1 Å². The van der Waals surface area contributed by atoms with Crippen molar-refractivity contribution in [2.45, 2.75) is 19.6 Å². The van der Waals surface area contributed by atoms with Crippen LogP contribution in [-0.2, 0) is 17.5 Å². The molecule has 1 aromatic heterocycles. The molecule has 0 radical (unpaired) electrons. The lowest BCUT2D eigenvalue weighted by atomic mass is 10.1. The summed E-state index contributed by atoms with van der Waals surface area (Å²) in [6, 6.07) is 15.5. The Bertz CT molecular complexity index is 1140. The predicted octanol–water partition coefficient (Wildman–Crippen LogP) is 4.05. The Morgan fingerprint density at radius 1 is 0.941 bits per heavy atom. The standard InChI is InChI=1S/C23H22F3N5O3/c1-16(32)29-11-13-30(14-12-29)22(33)31(19-5-3-2-4-6-19)15-17-7-9-18(10-8-17)20-27-28-21(34-20)23(24,25)26/h2-10H,11-15H2,1H3. The number of carbonyl (C=O) groups excluding carboxylic acids is 2. The number of nitrogens with zero attached hydrogens (tertiary/aromatic N) is 5. The van der Waals surface area contributed by atoms with Crippen molar-refractivity contribution in [2.24, 2.45) is 0 Å². The maximum absolute atomic E-state index is 13.4. The van der Waals surface area contributed by atoms with Crippen molar-refractivity contribution in [3.8, 4) is 11.5 Å². The van der Waals surface area contributed by atoms with Crippen LogP contribution in [0.3, 0.4) is 0 Å². The van der Waals surface area contributed by atoms with Crippen LogP contribution in [0.5, 0.6) is 0 Å². The average Bonchev–Trinajstić information content (AvgIpc) is 3.34. The summed E-state index contributed by atoms with van der Waals surface area (Å²) < 4.78 is 42.9. The SMILES string of the molecule is CC(=O)N1CCN(C(=O)N(Cc2ccc(-c3nnc(C(F)(F)F)o3)cc2)c2ccccc2)CC1. The van der Waals surface area contributed by atoms with Gasteiger partial charge in [-0.25, -0.2) is 4.79 Å². The lowest BCUT2D eigenvalue weighted by Gasteiger charge is -2.37. The number of hydrogen-bond acceptors (Lipinski definition) is 5. The van der Waals surface area contributed by atoms with Gasteiger partial charge in [0, 0.05) is 44.4 Å². The van der Waals surface area contributed by atoms with Gasteiger partial charge in [0.2, 0.25) is 11.8 Å². The number of amides is 3. The van der Waals surface area contributed by atoms with Gasteiger partial charge in [0.25, 0.3) is 0 Å². The molecule has 3 amide bonds. The quantitative estimate of drug-likeness (QED) is 0.571. The molecule has 0 bridgehead atoms. The molecule has 1 saturated heterocycles. The van der Waals surface area contributed by atoms with E-state index >= 15 is 0 Å². The van der Waals surface area contributed by atoms with Gasteiger partial charge in [-0.15, -0.1) is 10.2 Å². The van der Waals surface area contributed by atoms with Gasteiger partial charge in [0.1, 0.15) is 0 Å². The van der Waals surface area contributed by atoms with Crippen molar-refractivity contribution in [1.29, 1.82) is 0 Å². The van der Waals surface area contributed by atoms with Gasteiger partial charge in [-0.1, -0.05) is 30.3 Å². The molecule has 0 aliphatic carbocycles. The van der Waals surface area contributed by atoms with Crippen molar-refractivity contribution in [3.63, 3.8) is 0 Å². The number of alkyl halides is 3. The Balaban J connectivity index is 1.51. The van der Waals surface area contributed by atoms with Gasteiger partial charge >= 0.3 is 18.1 Å². The molecule has 3 aromatic rings. The molecule has 34 heavy (non-hydrogen) atoms. The molecular weight excluding hydrogens is 451 g/mol. The van der Waals surface area contributed by atoms with Gasteiger partial charge in [-0.2, -0.15) is 13.2 Å². The van der Waals surface area contributed by atoms with Crippen LogP contribution in [0, 0.1) is 0 Å². The Labute approximate surface area is 193 Å². The maximum Gasteiger partial charge on any atom is 0.470 e. The third kappa shape index (κ3) is 5.19. The summed E-state index contributed by atoms with van der Waals surface area (Å²) in [4.78, 5) is 30.0. The molecule has 1 aliphatic heterocycles. The van der Waals surface area contributed by atoms with E-state index in [1.807, 2.05) is 30.3 Å². The minimum Gasteiger partial charge on any atom is -0.413 e. The number of benzene rings is 2. The van der Waals surface area contributed by atoms with Crippen LogP contribution in [0.2, 0.25) is 0 Å². The predicted molar refractivity (Wildman–Crippen MR) is 117 cm³/mol. The van der Waals surface area contributed by atoms with Gasteiger partial charge in [-0.3, -0.25) is 9.69 Å². The summed E-state index contributed by atoms with van der Waals surface area (Å²) in [5.41, 5.74) is 1.81. The largest absolute Gasteiger partial charge is 0.470 e. The first kappa shape index (κ1) is 23.3. The van der Waals surface area contributed by atoms with Crippen molar-refractivity contribution < 1.29 is 27.2 Å². The molecule has 0 N–H and O–H groups in total. The number of hydrogen-bond donors (Lipinski definition) is 0. The Kier molecular flexibility index (Phi) is 6.53. The highest BCUT2D eigenvalue weighted by Crippen LogP contribution is 2.30. The fourth-order valence-corrected chi connectivity index (χ4v) is 3.65. The molecule has 1 fully saturated rings. The molecule has 1 aliphatic rings. The highest BCUT2D eigenvalue weighted by Gasteiger charge is 2.38. The molecule has 0 spiro atoms. The van der Waals surface area contributed by atoms with E-state index in [1.54, 1.807) is 39.0 Å². The van der Waals surface area contributed by atoms with Gasteiger partial charge in [0.15, 0.2) is 0 Å². The normalized spacial score (nSPS) is 14.2. The summed E-state index contributed by atoms with van der Waals surface area (Å²) in [5, 5.41) is 6.50. The van der Waals surface area contributed by atoms with Gasteiger partial charge in [-0.05, 0) is 29.8 Å². The maximum atomic E-state index is 13.4. The summed E-state index contributed by atoms with van der Waals surface area (Å²) in [6.07, 6.45) is -4.71. The van der Waals surface area contributed by atoms with Crippen molar-refractivity contribution >= 4 is 17.6 Å². The van der Waals surface area contributed by atoms with E-state index in [1.165, 1.54) is 6.92 Å². The minimum absolute atomic E-state index is 0.0179. The summed E-state index contributed by atoms with van der Waals surface area (Å²) in [7, 11) is 0. The number of urea groups is 1. The molecule has 2 heterocycles. The van der Waals surface area contributed by atoms with E-state index in [0.717, 1.165) is 5.56 Å². The molecule has 11 heteroatoms. The zero-order chi connectivity index (χ0) is 24.3. The minimum atomic E-state index is -4.71. The third-order valence-corrected chi connectivity index (χ3v) is 5.50. The topological polar surface area (TPSA) is 82.8 Å². The zero-order valence-corrected chi connectivity index (χ0v) is 18.3. The second kappa shape index (κ2) is 9.54. The lowest BCUT2D eigenvalue weighted by molar-refractivity contribution is -0.157. The van der Waals surface area contributed by atoms with Crippen LogP contribution in [0.1, 0.15) is 18.4 Å². The van der Waals surface area contributed by atoms with Crippen LogP contribution in [-0.4, -0.2) is 58.1 Å². The van der Waals surface area contributed by atoms with Crippen LogP contribution >= 0.6 is 0 Å². The average molecular weight is 473 g/mol. The van der Waals surface area contributed by atoms with Gasteiger partial charge < -0.3 is 14.2 Å². The highest BCUT2D eigenvalue weighted by atomic mass is 19.4. The van der Waals surface area contributed by atoms with E-state index in [9.17, 15) is 22.8 Å². The first-order chi connectivity index (χ1) is 16.2. The fraction of sp³-hybridized carbons (Fsp3) is 0.304. The number of piperazine rings is 1. The molecule has 8 nitrogen and oxygen atoms in total. The van der Waals surface area contributed by atoms with Crippen molar-refractivity contribution in [2.75, 3.05) is 31.1 Å². The van der Waals surface area contributed by atoms with Gasteiger partial charge in [0.05, 0.1) is 6.54 Å². The second-order valence-corrected chi connectivity index (χ2v) is 7.80. The first-order valence-electron chi connectivity index (χ1n) is 10.6. The second-order valence-electron chi connectivity index (χ2n) is 7.80. The first-order valence-corrected chi connectivity index (χ1v) is 10.6. The highest BCUT2D eigenvalue weighted by molar-refractivity contribution is 5.92. The van der Waals surface area contributed by atoms with E-state index in [4.69, 9.17) is 4.42 Å². The smallest absolute Gasteiger partial charge is 0.413 e. The van der Waals surface area contributed by atoms with Crippen molar-refractivity contribution in [3.05, 3.63) is 66.1 Å². The lowest BCUT2D eigenvalue weighted by Crippen LogP contribution is -2.53. The van der Waals surface area contributed by atoms with Crippen LogP contribution in [0.4, 0.5) is 23.7 Å². The third-order valence-electron chi connectivity index (χ3n) is 5.50. The monoisotopic (exact) mass is 473 g/mol. The number of halogens is 3. The van der Waals surface area contributed by atoms with Crippen LogP contribution < -0.4 is 4.90 Å².